The average Bonchev–Trinajstić information content (AvgIpc) is 2.41. The maximum absolute atomic E-state index is 3.37. The second-order valence-corrected chi connectivity index (χ2v) is 5.41. The number of rotatable bonds is 1. The van der Waals surface area contributed by atoms with Gasteiger partial charge in [0.25, 0.3) is 0 Å². The van der Waals surface area contributed by atoms with Crippen LogP contribution < -0.4 is 0 Å². The highest BCUT2D eigenvalue weighted by Crippen LogP contribution is 2.28. The third-order valence-electron chi connectivity index (χ3n) is 3.75. The standard InChI is InChI=1S/C18H19N/c1-14(2)19-13-17-9-4-3-7-15(17)11-12-16-8-5-6-10-18(16)19/h3-4,7-10,14H,5-6,13H2,1-2H3. The van der Waals surface area contributed by atoms with E-state index in [0.29, 0.717) is 6.04 Å². The molecule has 1 nitrogen and oxygen atoms in total. The van der Waals surface area contributed by atoms with E-state index in [1.54, 1.807) is 0 Å². The van der Waals surface area contributed by atoms with Crippen molar-refractivity contribution in [1.29, 1.82) is 0 Å². The Kier molecular flexibility index (Phi) is 3.17. The summed E-state index contributed by atoms with van der Waals surface area (Å²) < 4.78 is 0. The molecule has 1 aliphatic carbocycles. The molecule has 1 heterocycles. The minimum absolute atomic E-state index is 0.487. The van der Waals surface area contributed by atoms with Crippen molar-refractivity contribution in [3.05, 3.63) is 58.8 Å². The lowest BCUT2D eigenvalue weighted by molar-refractivity contribution is 0.279. The molecule has 19 heavy (non-hydrogen) atoms. The molecule has 0 fully saturated rings. The Hall–Kier alpha value is -1.94. The largest absolute Gasteiger partial charge is 0.364 e. The maximum Gasteiger partial charge on any atom is 0.0487 e. The molecule has 0 saturated heterocycles. The van der Waals surface area contributed by atoms with Crippen LogP contribution in [0.4, 0.5) is 0 Å². The summed E-state index contributed by atoms with van der Waals surface area (Å²) in [6.07, 6.45) is 6.87. The zero-order valence-corrected chi connectivity index (χ0v) is 11.6. The lowest BCUT2D eigenvalue weighted by Crippen LogP contribution is -2.31. The Labute approximate surface area is 115 Å². The third-order valence-corrected chi connectivity index (χ3v) is 3.75. The fourth-order valence-electron chi connectivity index (χ4n) is 2.69. The van der Waals surface area contributed by atoms with Crippen molar-refractivity contribution < 1.29 is 0 Å². The molecule has 0 spiro atoms. The average molecular weight is 249 g/mol. The van der Waals surface area contributed by atoms with E-state index in [0.717, 1.165) is 19.4 Å². The van der Waals surface area contributed by atoms with Crippen LogP contribution in [0.3, 0.4) is 0 Å². The van der Waals surface area contributed by atoms with Crippen LogP contribution in [-0.4, -0.2) is 10.9 Å². The summed E-state index contributed by atoms with van der Waals surface area (Å²) >= 11 is 0. The van der Waals surface area contributed by atoms with Gasteiger partial charge in [0.15, 0.2) is 0 Å². The fourth-order valence-corrected chi connectivity index (χ4v) is 2.69. The molecule has 0 radical (unpaired) electrons. The Balaban J connectivity index is 2.13. The van der Waals surface area contributed by atoms with Crippen LogP contribution in [0.5, 0.6) is 0 Å². The molecule has 1 aromatic carbocycles. The minimum atomic E-state index is 0.487. The van der Waals surface area contributed by atoms with Gasteiger partial charge in [-0.15, -0.1) is 0 Å². The van der Waals surface area contributed by atoms with Gasteiger partial charge in [0.1, 0.15) is 0 Å². The minimum Gasteiger partial charge on any atom is -0.364 e. The molecule has 0 atom stereocenters. The molecule has 1 aliphatic heterocycles. The summed E-state index contributed by atoms with van der Waals surface area (Å²) in [4.78, 5) is 2.47. The van der Waals surface area contributed by atoms with E-state index < -0.39 is 0 Å². The Morgan fingerprint density at radius 1 is 1.05 bits per heavy atom. The van der Waals surface area contributed by atoms with E-state index in [2.05, 4.69) is 67.0 Å². The van der Waals surface area contributed by atoms with Gasteiger partial charge in [-0.1, -0.05) is 42.2 Å². The predicted octanol–water partition coefficient (Wildman–Crippen LogP) is 3.87. The van der Waals surface area contributed by atoms with Crippen LogP contribution in [0, 0.1) is 11.8 Å². The van der Waals surface area contributed by atoms with E-state index in [4.69, 9.17) is 0 Å². The summed E-state index contributed by atoms with van der Waals surface area (Å²) in [5, 5.41) is 0. The Morgan fingerprint density at radius 2 is 1.84 bits per heavy atom. The molecule has 96 valence electrons. The van der Waals surface area contributed by atoms with Crippen LogP contribution >= 0.6 is 0 Å². The van der Waals surface area contributed by atoms with E-state index >= 15 is 0 Å². The monoisotopic (exact) mass is 249 g/mol. The lowest BCUT2D eigenvalue weighted by atomic mass is 9.97. The first-order valence-corrected chi connectivity index (χ1v) is 7.03. The van der Waals surface area contributed by atoms with Crippen molar-refractivity contribution in [2.45, 2.75) is 39.3 Å². The molecule has 0 amide bonds. The highest BCUT2D eigenvalue weighted by molar-refractivity contribution is 5.54. The van der Waals surface area contributed by atoms with Gasteiger partial charge in [-0.3, -0.25) is 0 Å². The van der Waals surface area contributed by atoms with E-state index in [1.165, 1.54) is 22.4 Å². The van der Waals surface area contributed by atoms with Crippen molar-refractivity contribution in [3.8, 4) is 11.8 Å². The van der Waals surface area contributed by atoms with Gasteiger partial charge in [0.05, 0.1) is 0 Å². The first-order chi connectivity index (χ1) is 9.25. The smallest absolute Gasteiger partial charge is 0.0487 e. The Bertz CT molecular complexity index is 608. The number of allylic oxidation sites excluding steroid dienone is 3. The summed E-state index contributed by atoms with van der Waals surface area (Å²) in [5.41, 5.74) is 5.02. The highest BCUT2D eigenvalue weighted by Gasteiger charge is 2.20. The highest BCUT2D eigenvalue weighted by atomic mass is 15.2. The molecule has 0 bridgehead atoms. The maximum atomic E-state index is 3.37. The number of hydrogen-bond acceptors (Lipinski definition) is 1. The first kappa shape index (κ1) is 12.1. The van der Waals surface area contributed by atoms with E-state index in [1.807, 2.05) is 0 Å². The molecule has 3 rings (SSSR count). The zero-order valence-electron chi connectivity index (χ0n) is 11.6. The molecule has 2 aliphatic rings. The predicted molar refractivity (Wildman–Crippen MR) is 79.4 cm³/mol. The van der Waals surface area contributed by atoms with Crippen molar-refractivity contribution in [3.63, 3.8) is 0 Å². The summed E-state index contributed by atoms with van der Waals surface area (Å²) in [5.74, 6) is 6.70. The number of benzene rings is 1. The Morgan fingerprint density at radius 3 is 2.68 bits per heavy atom. The molecule has 0 unspecified atom stereocenters. The second kappa shape index (κ2) is 4.97. The third kappa shape index (κ3) is 2.31. The fraction of sp³-hybridized carbons (Fsp3) is 0.333. The zero-order chi connectivity index (χ0) is 13.2. The van der Waals surface area contributed by atoms with Crippen molar-refractivity contribution in [1.82, 2.24) is 4.90 Å². The normalized spacial score (nSPS) is 17.3. The van der Waals surface area contributed by atoms with Crippen LogP contribution in [0.25, 0.3) is 0 Å². The number of nitrogens with zero attached hydrogens (tertiary/aromatic N) is 1. The quantitative estimate of drug-likeness (QED) is 0.683. The van der Waals surface area contributed by atoms with E-state index in [-0.39, 0.29) is 0 Å². The summed E-state index contributed by atoms with van der Waals surface area (Å²) in [6, 6.07) is 8.98. The van der Waals surface area contributed by atoms with Gasteiger partial charge < -0.3 is 4.90 Å². The van der Waals surface area contributed by atoms with Gasteiger partial charge in [0, 0.05) is 29.4 Å². The molecule has 0 saturated carbocycles. The molecule has 1 aromatic rings. The van der Waals surface area contributed by atoms with Gasteiger partial charge >= 0.3 is 0 Å². The van der Waals surface area contributed by atoms with Gasteiger partial charge in [0.2, 0.25) is 0 Å². The molecule has 1 heteroatoms. The molecule has 0 aromatic heterocycles. The van der Waals surface area contributed by atoms with Gasteiger partial charge in [-0.05, 0) is 38.3 Å². The van der Waals surface area contributed by atoms with Crippen LogP contribution in [-0.2, 0) is 6.54 Å². The van der Waals surface area contributed by atoms with Crippen LogP contribution in [0.1, 0.15) is 37.8 Å². The molecular weight excluding hydrogens is 230 g/mol. The van der Waals surface area contributed by atoms with Crippen molar-refractivity contribution in [2.24, 2.45) is 0 Å². The number of hydrogen-bond donors (Lipinski definition) is 0. The summed E-state index contributed by atoms with van der Waals surface area (Å²) in [7, 11) is 0. The van der Waals surface area contributed by atoms with Crippen LogP contribution in [0.2, 0.25) is 0 Å². The first-order valence-electron chi connectivity index (χ1n) is 7.03. The number of fused-ring (bicyclic) bond motifs is 2. The SMILES string of the molecule is CC(C)N1Cc2ccccc2C#CC2=CCCC=C21. The summed E-state index contributed by atoms with van der Waals surface area (Å²) in [6.45, 7) is 5.46. The topological polar surface area (TPSA) is 3.24 Å². The lowest BCUT2D eigenvalue weighted by Gasteiger charge is -2.34. The van der Waals surface area contributed by atoms with Crippen molar-refractivity contribution >= 4 is 0 Å². The van der Waals surface area contributed by atoms with Crippen LogP contribution in [0.15, 0.2) is 47.7 Å². The molecular formula is C18H19N. The van der Waals surface area contributed by atoms with Gasteiger partial charge in [-0.25, -0.2) is 0 Å². The second-order valence-electron chi connectivity index (χ2n) is 5.41. The van der Waals surface area contributed by atoms with E-state index in [9.17, 15) is 0 Å². The molecule has 0 N–H and O–H groups in total. The van der Waals surface area contributed by atoms with Gasteiger partial charge in [-0.2, -0.15) is 0 Å². The van der Waals surface area contributed by atoms with Crippen molar-refractivity contribution in [2.75, 3.05) is 0 Å².